The summed E-state index contributed by atoms with van der Waals surface area (Å²) >= 11 is 17.7. The zero-order valence-electron chi connectivity index (χ0n) is 9.58. The summed E-state index contributed by atoms with van der Waals surface area (Å²) in [6.07, 6.45) is 0. The number of carbonyl (C=O) groups is 1. The summed E-state index contributed by atoms with van der Waals surface area (Å²) in [6, 6.07) is 9.70. The maximum absolute atomic E-state index is 12.1. The molecule has 1 amide bonds. The van der Waals surface area contributed by atoms with Crippen molar-refractivity contribution >= 4 is 52.1 Å². The lowest BCUT2D eigenvalue weighted by molar-refractivity contribution is 0.102. The highest BCUT2D eigenvalue weighted by Gasteiger charge is 2.14. The van der Waals surface area contributed by atoms with Gasteiger partial charge in [0.25, 0.3) is 5.91 Å². The number of benzene rings is 2. The average molecular weight is 316 g/mol. The van der Waals surface area contributed by atoms with Crippen LogP contribution in [0.15, 0.2) is 36.4 Å². The molecule has 0 unspecified atom stereocenters. The molecule has 2 aromatic carbocycles. The van der Waals surface area contributed by atoms with Crippen LogP contribution in [0.25, 0.3) is 0 Å². The van der Waals surface area contributed by atoms with Gasteiger partial charge in [0.2, 0.25) is 0 Å². The maximum atomic E-state index is 12.1. The predicted octanol–water partition coefficient (Wildman–Crippen LogP) is 4.48. The van der Waals surface area contributed by atoms with E-state index in [1.165, 1.54) is 12.1 Å². The number of anilines is 2. The number of halogens is 3. The van der Waals surface area contributed by atoms with Crippen LogP contribution in [0.2, 0.25) is 15.1 Å². The molecule has 0 aliphatic carbocycles. The Hall–Kier alpha value is -1.42. The summed E-state index contributed by atoms with van der Waals surface area (Å²) in [5, 5.41) is 3.64. The summed E-state index contributed by atoms with van der Waals surface area (Å²) in [5.41, 5.74) is 6.72. The average Bonchev–Trinajstić information content (AvgIpc) is 2.34. The first kappa shape index (κ1) is 14.0. The summed E-state index contributed by atoms with van der Waals surface area (Å²) < 4.78 is 0. The molecule has 0 heterocycles. The van der Waals surface area contributed by atoms with E-state index in [1.54, 1.807) is 24.3 Å². The van der Waals surface area contributed by atoms with E-state index >= 15 is 0 Å². The largest absolute Gasteiger partial charge is 0.397 e. The lowest BCUT2D eigenvalue weighted by Gasteiger charge is -2.11. The monoisotopic (exact) mass is 314 g/mol. The molecule has 2 rings (SSSR count). The topological polar surface area (TPSA) is 55.1 Å². The molecule has 0 radical (unpaired) electrons. The van der Waals surface area contributed by atoms with Crippen molar-refractivity contribution < 1.29 is 4.79 Å². The van der Waals surface area contributed by atoms with Gasteiger partial charge in [-0.05, 0) is 24.3 Å². The van der Waals surface area contributed by atoms with Gasteiger partial charge in [-0.25, -0.2) is 0 Å². The van der Waals surface area contributed by atoms with Crippen molar-refractivity contribution in [1.82, 2.24) is 0 Å². The van der Waals surface area contributed by atoms with Crippen LogP contribution in [0, 0.1) is 0 Å². The van der Waals surface area contributed by atoms with Crippen LogP contribution in [-0.2, 0) is 0 Å². The third-order valence-electron chi connectivity index (χ3n) is 2.44. The highest BCUT2D eigenvalue weighted by atomic mass is 35.5. The van der Waals surface area contributed by atoms with E-state index in [0.717, 1.165) is 0 Å². The van der Waals surface area contributed by atoms with Crippen LogP contribution in [0.1, 0.15) is 10.4 Å². The summed E-state index contributed by atoms with van der Waals surface area (Å²) in [7, 11) is 0. The quantitative estimate of drug-likeness (QED) is 0.803. The third-order valence-corrected chi connectivity index (χ3v) is 3.29. The number of nitrogens with one attached hydrogen (secondary N) is 1. The Kier molecular flexibility index (Phi) is 4.20. The van der Waals surface area contributed by atoms with E-state index in [-0.39, 0.29) is 16.6 Å². The fourth-order valence-electron chi connectivity index (χ4n) is 1.55. The molecule has 0 fully saturated rings. The minimum absolute atomic E-state index is 0.269. The molecule has 0 spiro atoms. The SMILES string of the molecule is Nc1cc(Cl)cc(Cl)c1NC(=O)c1ccccc1Cl. The zero-order valence-corrected chi connectivity index (χ0v) is 11.9. The summed E-state index contributed by atoms with van der Waals surface area (Å²) in [4.78, 5) is 12.1. The van der Waals surface area contributed by atoms with Crippen molar-refractivity contribution in [2.75, 3.05) is 11.1 Å². The van der Waals surface area contributed by atoms with E-state index in [2.05, 4.69) is 5.32 Å². The molecule has 2 aromatic rings. The van der Waals surface area contributed by atoms with Gasteiger partial charge in [0.1, 0.15) is 0 Å². The second-order valence-electron chi connectivity index (χ2n) is 3.79. The van der Waals surface area contributed by atoms with Gasteiger partial charge in [0.05, 0.1) is 27.0 Å². The van der Waals surface area contributed by atoms with Crippen molar-refractivity contribution in [1.29, 1.82) is 0 Å². The molecule has 0 aliphatic rings. The molecule has 0 saturated heterocycles. The van der Waals surface area contributed by atoms with Gasteiger partial charge in [0, 0.05) is 5.02 Å². The lowest BCUT2D eigenvalue weighted by atomic mass is 10.2. The standard InChI is InChI=1S/C13H9Cl3N2O/c14-7-5-10(16)12(11(17)6-7)18-13(19)8-3-1-2-4-9(8)15/h1-6H,17H2,(H,18,19). The zero-order chi connectivity index (χ0) is 14.0. The summed E-state index contributed by atoms with van der Waals surface area (Å²) in [6.45, 7) is 0. The smallest absolute Gasteiger partial charge is 0.257 e. The molecule has 0 aliphatic heterocycles. The number of hydrogen-bond donors (Lipinski definition) is 2. The number of rotatable bonds is 2. The molecule has 0 aromatic heterocycles. The fraction of sp³-hybridized carbons (Fsp3) is 0. The Morgan fingerprint density at radius 3 is 2.37 bits per heavy atom. The number of nitrogen functional groups attached to an aromatic ring is 1. The molecule has 3 N–H and O–H groups in total. The first-order valence-electron chi connectivity index (χ1n) is 5.29. The van der Waals surface area contributed by atoms with Crippen LogP contribution in [0.4, 0.5) is 11.4 Å². The van der Waals surface area contributed by atoms with Crippen LogP contribution >= 0.6 is 34.8 Å². The summed E-state index contributed by atoms with van der Waals surface area (Å²) in [5.74, 6) is -0.387. The second-order valence-corrected chi connectivity index (χ2v) is 5.04. The number of nitrogens with two attached hydrogens (primary N) is 1. The molecule has 0 atom stereocenters. The minimum Gasteiger partial charge on any atom is -0.397 e. The van der Waals surface area contributed by atoms with Crippen LogP contribution in [0.3, 0.4) is 0 Å². The van der Waals surface area contributed by atoms with E-state index in [9.17, 15) is 4.79 Å². The fourth-order valence-corrected chi connectivity index (χ4v) is 2.33. The first-order valence-corrected chi connectivity index (χ1v) is 6.43. The van der Waals surface area contributed by atoms with E-state index in [0.29, 0.717) is 21.3 Å². The molecule has 0 bridgehead atoms. The third kappa shape index (κ3) is 3.13. The number of amides is 1. The lowest BCUT2D eigenvalue weighted by Crippen LogP contribution is -2.14. The molecular formula is C13H9Cl3N2O. The predicted molar refractivity (Wildman–Crippen MR) is 80.3 cm³/mol. The highest BCUT2D eigenvalue weighted by Crippen LogP contribution is 2.32. The Bertz CT molecular complexity index is 621. The number of carbonyl (C=O) groups excluding carboxylic acids is 1. The van der Waals surface area contributed by atoms with Crippen LogP contribution < -0.4 is 11.1 Å². The van der Waals surface area contributed by atoms with Gasteiger partial charge in [-0.1, -0.05) is 46.9 Å². The van der Waals surface area contributed by atoms with Gasteiger partial charge in [0.15, 0.2) is 0 Å². The highest BCUT2D eigenvalue weighted by molar-refractivity contribution is 6.38. The number of hydrogen-bond acceptors (Lipinski definition) is 2. The molecular weight excluding hydrogens is 307 g/mol. The van der Waals surface area contributed by atoms with Crippen molar-refractivity contribution in [2.45, 2.75) is 0 Å². The van der Waals surface area contributed by atoms with E-state index in [1.807, 2.05) is 0 Å². The van der Waals surface area contributed by atoms with E-state index in [4.69, 9.17) is 40.5 Å². The van der Waals surface area contributed by atoms with Gasteiger partial charge in [-0.15, -0.1) is 0 Å². The minimum atomic E-state index is -0.387. The van der Waals surface area contributed by atoms with Crippen molar-refractivity contribution in [3.63, 3.8) is 0 Å². The first-order chi connectivity index (χ1) is 8.99. The van der Waals surface area contributed by atoms with Gasteiger partial charge >= 0.3 is 0 Å². The molecule has 19 heavy (non-hydrogen) atoms. The normalized spacial score (nSPS) is 10.3. The Balaban J connectivity index is 2.32. The Morgan fingerprint density at radius 2 is 1.74 bits per heavy atom. The van der Waals surface area contributed by atoms with Crippen molar-refractivity contribution in [2.24, 2.45) is 0 Å². The molecule has 98 valence electrons. The Labute approximate surface area is 125 Å². The Morgan fingerprint density at radius 1 is 1.05 bits per heavy atom. The van der Waals surface area contributed by atoms with Crippen LogP contribution in [0.5, 0.6) is 0 Å². The van der Waals surface area contributed by atoms with Gasteiger partial charge in [-0.2, -0.15) is 0 Å². The molecule has 6 heteroatoms. The maximum Gasteiger partial charge on any atom is 0.257 e. The second kappa shape index (κ2) is 5.70. The van der Waals surface area contributed by atoms with E-state index < -0.39 is 0 Å². The van der Waals surface area contributed by atoms with Gasteiger partial charge in [-0.3, -0.25) is 4.79 Å². The van der Waals surface area contributed by atoms with Crippen molar-refractivity contribution in [3.8, 4) is 0 Å². The molecule has 3 nitrogen and oxygen atoms in total. The molecule has 0 saturated carbocycles. The van der Waals surface area contributed by atoms with Gasteiger partial charge < -0.3 is 11.1 Å². The van der Waals surface area contributed by atoms with Crippen LogP contribution in [-0.4, -0.2) is 5.91 Å². The van der Waals surface area contributed by atoms with Crippen molar-refractivity contribution in [3.05, 3.63) is 57.0 Å².